The van der Waals surface area contributed by atoms with E-state index in [2.05, 4.69) is 40.7 Å². The van der Waals surface area contributed by atoms with Gasteiger partial charge in [-0.2, -0.15) is 0 Å². The highest BCUT2D eigenvalue weighted by molar-refractivity contribution is 5.25. The summed E-state index contributed by atoms with van der Waals surface area (Å²) in [4.78, 5) is 0. The molecule has 0 spiro atoms. The molecule has 4 rings (SSSR count). The van der Waals surface area contributed by atoms with Crippen molar-refractivity contribution < 1.29 is 14.6 Å². The Kier molecular flexibility index (Phi) is 9.47. The third kappa shape index (κ3) is 5.73. The molecule has 3 saturated carbocycles. The van der Waals surface area contributed by atoms with E-state index in [9.17, 15) is 0 Å². The maximum atomic E-state index is 8.87. The van der Waals surface area contributed by atoms with Crippen molar-refractivity contribution in [3.63, 3.8) is 0 Å². The number of rotatable bonds is 12. The Morgan fingerprint density at radius 3 is 2.60 bits per heavy atom. The summed E-state index contributed by atoms with van der Waals surface area (Å²) in [6, 6.07) is 0. The average Bonchev–Trinajstić information content (AvgIpc) is 3.21. The molecule has 4 aliphatic carbocycles. The molecule has 9 atom stereocenters. The van der Waals surface area contributed by atoms with E-state index < -0.39 is 0 Å². The Morgan fingerprint density at radius 1 is 1.00 bits per heavy atom. The summed E-state index contributed by atoms with van der Waals surface area (Å²) in [6.07, 6.45) is 19.5. The van der Waals surface area contributed by atoms with Crippen LogP contribution in [0.4, 0.5) is 0 Å². The fourth-order valence-electron chi connectivity index (χ4n) is 9.38. The van der Waals surface area contributed by atoms with Crippen LogP contribution in [0.1, 0.15) is 112 Å². The molecule has 0 aromatic carbocycles. The Labute approximate surface area is 216 Å². The number of hydrogen-bond acceptors (Lipinski definition) is 3. The summed E-state index contributed by atoms with van der Waals surface area (Å²) in [6.45, 7) is 14.4. The van der Waals surface area contributed by atoms with Crippen LogP contribution < -0.4 is 0 Å². The number of fused-ring (bicyclic) bond motifs is 5. The van der Waals surface area contributed by atoms with Gasteiger partial charge in [-0.1, -0.05) is 72.0 Å². The molecule has 1 unspecified atom stereocenters. The lowest BCUT2D eigenvalue weighted by molar-refractivity contribution is -0.0683. The normalized spacial score (nSPS) is 40.4. The summed E-state index contributed by atoms with van der Waals surface area (Å²) < 4.78 is 11.6. The van der Waals surface area contributed by atoms with Crippen molar-refractivity contribution in [3.8, 4) is 0 Å². The Morgan fingerprint density at radius 2 is 1.83 bits per heavy atom. The third-order valence-electron chi connectivity index (χ3n) is 11.7. The van der Waals surface area contributed by atoms with Crippen molar-refractivity contribution in [3.05, 3.63) is 11.6 Å². The molecule has 0 heterocycles. The second-order valence-electron chi connectivity index (χ2n) is 13.5. The Bertz CT molecular complexity index is 703. The van der Waals surface area contributed by atoms with E-state index in [1.54, 1.807) is 5.57 Å². The van der Waals surface area contributed by atoms with Crippen LogP contribution in [0.25, 0.3) is 0 Å². The fraction of sp³-hybridized carbons (Fsp3) is 0.938. The monoisotopic (exact) mass is 488 g/mol. The van der Waals surface area contributed by atoms with Gasteiger partial charge in [-0.3, -0.25) is 0 Å². The standard InChI is InChI=1S/C32H56O3/c1-6-23(2)8-7-9-24(3)28-12-13-29-27-11-10-25-22-26(35-21-20-34-19-18-33)14-16-31(25,4)30(27)15-17-32(28,29)5/h10,23-24,26-30,33H,6-9,11-22H2,1-5H3/t23?,24-,26+,27+,28-,29+,30+,31+,32-/m1/s1. The highest BCUT2D eigenvalue weighted by Gasteiger charge is 2.59. The minimum absolute atomic E-state index is 0.0924. The molecule has 3 fully saturated rings. The number of aliphatic hydroxyl groups excluding tert-OH is 1. The van der Waals surface area contributed by atoms with Crippen LogP contribution in [0.2, 0.25) is 0 Å². The van der Waals surface area contributed by atoms with Crippen LogP contribution in [0.5, 0.6) is 0 Å². The molecular formula is C32H56O3. The molecule has 3 nitrogen and oxygen atoms in total. The molecule has 4 aliphatic rings. The van der Waals surface area contributed by atoms with Gasteiger partial charge in [0.25, 0.3) is 0 Å². The van der Waals surface area contributed by atoms with Gasteiger partial charge in [0.2, 0.25) is 0 Å². The van der Waals surface area contributed by atoms with E-state index in [1.807, 2.05) is 0 Å². The summed E-state index contributed by atoms with van der Waals surface area (Å²) in [5.41, 5.74) is 2.69. The molecule has 1 N–H and O–H groups in total. The number of ether oxygens (including phenoxy) is 2. The molecule has 0 aromatic heterocycles. The lowest BCUT2D eigenvalue weighted by Gasteiger charge is -2.58. The van der Waals surface area contributed by atoms with Crippen molar-refractivity contribution in [2.45, 2.75) is 118 Å². The van der Waals surface area contributed by atoms with Crippen LogP contribution in [0, 0.1) is 46.3 Å². The van der Waals surface area contributed by atoms with Crippen molar-refractivity contribution in [1.82, 2.24) is 0 Å². The largest absolute Gasteiger partial charge is 0.394 e. The first-order chi connectivity index (χ1) is 16.8. The average molecular weight is 489 g/mol. The second-order valence-corrected chi connectivity index (χ2v) is 13.5. The minimum atomic E-state index is 0.0924. The third-order valence-corrected chi connectivity index (χ3v) is 11.7. The maximum absolute atomic E-state index is 8.87. The van der Waals surface area contributed by atoms with E-state index in [4.69, 9.17) is 14.6 Å². The molecule has 202 valence electrons. The van der Waals surface area contributed by atoms with E-state index in [-0.39, 0.29) is 6.61 Å². The summed E-state index contributed by atoms with van der Waals surface area (Å²) in [7, 11) is 0. The van der Waals surface area contributed by atoms with Gasteiger partial charge in [-0.15, -0.1) is 0 Å². The van der Waals surface area contributed by atoms with E-state index in [1.165, 1.54) is 70.6 Å². The molecule has 0 bridgehead atoms. The molecule has 35 heavy (non-hydrogen) atoms. The van der Waals surface area contributed by atoms with Gasteiger partial charge >= 0.3 is 0 Å². The Balaban J connectivity index is 1.36. The van der Waals surface area contributed by atoms with Crippen LogP contribution in [-0.2, 0) is 9.47 Å². The van der Waals surface area contributed by atoms with Crippen molar-refractivity contribution in [2.24, 2.45) is 46.3 Å². The number of aliphatic hydroxyl groups is 1. The zero-order valence-corrected chi connectivity index (χ0v) is 23.7. The van der Waals surface area contributed by atoms with Gasteiger partial charge in [0, 0.05) is 0 Å². The summed E-state index contributed by atoms with van der Waals surface area (Å²) in [5, 5.41) is 8.87. The van der Waals surface area contributed by atoms with Crippen LogP contribution in [0.3, 0.4) is 0 Å². The van der Waals surface area contributed by atoms with Crippen LogP contribution in [0.15, 0.2) is 11.6 Å². The highest BCUT2D eigenvalue weighted by Crippen LogP contribution is 2.67. The molecule has 0 aromatic rings. The maximum Gasteiger partial charge on any atom is 0.0704 e. The topological polar surface area (TPSA) is 38.7 Å². The van der Waals surface area contributed by atoms with Crippen LogP contribution >= 0.6 is 0 Å². The first kappa shape index (κ1) is 27.6. The Hall–Kier alpha value is -0.380. The van der Waals surface area contributed by atoms with Gasteiger partial charge in [-0.05, 0) is 97.7 Å². The highest BCUT2D eigenvalue weighted by atomic mass is 16.5. The predicted molar refractivity (Wildman–Crippen MR) is 145 cm³/mol. The number of allylic oxidation sites excluding steroid dienone is 1. The molecule has 0 aliphatic heterocycles. The first-order valence-electron chi connectivity index (χ1n) is 15.3. The molecule has 0 amide bonds. The molecule has 3 heteroatoms. The van der Waals surface area contributed by atoms with Gasteiger partial charge < -0.3 is 14.6 Å². The van der Waals surface area contributed by atoms with E-state index in [0.717, 1.165) is 41.9 Å². The fourth-order valence-corrected chi connectivity index (χ4v) is 9.38. The molecular weight excluding hydrogens is 432 g/mol. The van der Waals surface area contributed by atoms with Crippen molar-refractivity contribution >= 4 is 0 Å². The lowest BCUT2D eigenvalue weighted by Crippen LogP contribution is -2.51. The quantitative estimate of drug-likeness (QED) is 0.225. The lowest BCUT2D eigenvalue weighted by atomic mass is 9.47. The van der Waals surface area contributed by atoms with Crippen LogP contribution in [-0.4, -0.2) is 37.6 Å². The minimum Gasteiger partial charge on any atom is -0.394 e. The van der Waals surface area contributed by atoms with Crippen molar-refractivity contribution in [1.29, 1.82) is 0 Å². The zero-order chi connectivity index (χ0) is 25.1. The van der Waals surface area contributed by atoms with Gasteiger partial charge in [-0.25, -0.2) is 0 Å². The smallest absolute Gasteiger partial charge is 0.0704 e. The molecule has 0 saturated heterocycles. The SMILES string of the molecule is CCC(C)CCC[C@@H](C)[C@H]1CC[C@H]2[C@@H]3CC=C4C[C@@H](OCCOCCO)CC[C@]4(C)[C@H]3CC[C@]12C. The summed E-state index contributed by atoms with van der Waals surface area (Å²) >= 11 is 0. The second kappa shape index (κ2) is 12.0. The van der Waals surface area contributed by atoms with E-state index >= 15 is 0 Å². The zero-order valence-electron chi connectivity index (χ0n) is 23.7. The first-order valence-corrected chi connectivity index (χ1v) is 15.3. The van der Waals surface area contributed by atoms with Crippen molar-refractivity contribution in [2.75, 3.05) is 26.4 Å². The molecule has 0 radical (unpaired) electrons. The predicted octanol–water partition coefficient (Wildman–Crippen LogP) is 7.81. The number of hydrogen-bond donors (Lipinski definition) is 1. The summed E-state index contributed by atoms with van der Waals surface area (Å²) in [5.74, 6) is 5.47. The van der Waals surface area contributed by atoms with Gasteiger partial charge in [0.1, 0.15) is 0 Å². The van der Waals surface area contributed by atoms with E-state index in [0.29, 0.717) is 36.8 Å². The van der Waals surface area contributed by atoms with Gasteiger partial charge in [0.15, 0.2) is 0 Å². The van der Waals surface area contributed by atoms with Gasteiger partial charge in [0.05, 0.1) is 32.5 Å².